The molecule has 1 aliphatic rings. The van der Waals surface area contributed by atoms with Gasteiger partial charge in [0.25, 0.3) is 0 Å². The number of amides is 1. The predicted octanol–water partition coefficient (Wildman–Crippen LogP) is 2.47. The minimum Gasteiger partial charge on any atom is -0.490 e. The van der Waals surface area contributed by atoms with Crippen LogP contribution in [0.4, 0.5) is 0 Å². The van der Waals surface area contributed by atoms with Crippen molar-refractivity contribution in [1.82, 2.24) is 14.5 Å². The van der Waals surface area contributed by atoms with Gasteiger partial charge in [-0.15, -0.1) is 0 Å². The summed E-state index contributed by atoms with van der Waals surface area (Å²) in [4.78, 5) is 17.9. The Morgan fingerprint density at radius 2 is 2.15 bits per heavy atom. The van der Waals surface area contributed by atoms with Crippen LogP contribution in [-0.2, 0) is 17.9 Å². The minimum absolute atomic E-state index is 0.172. The number of hydrogen-bond donors (Lipinski definition) is 1. The first-order valence-electron chi connectivity index (χ1n) is 9.25. The fraction of sp³-hybridized carbons (Fsp3) is 0.400. The highest BCUT2D eigenvalue weighted by atomic mass is 16.5. The maximum absolute atomic E-state index is 11.2. The second-order valence-electron chi connectivity index (χ2n) is 7.06. The molecule has 0 saturated carbocycles. The van der Waals surface area contributed by atoms with Crippen molar-refractivity contribution >= 4 is 16.8 Å². The Labute approximate surface area is 157 Å². The number of ether oxygens (including phenoxy) is 1. The Morgan fingerprint density at radius 1 is 1.33 bits per heavy atom. The van der Waals surface area contributed by atoms with Gasteiger partial charge in [0.05, 0.1) is 18.3 Å². The Bertz CT molecular complexity index is 938. The minimum atomic E-state index is -0.354. The van der Waals surface area contributed by atoms with Crippen LogP contribution in [-0.4, -0.2) is 39.6 Å². The number of carbonyl (C=O) groups is 1. The second-order valence-corrected chi connectivity index (χ2v) is 7.06. The van der Waals surface area contributed by atoms with E-state index in [1.165, 1.54) is 0 Å². The number of carbonyl (C=O) groups excluding carboxylic acids is 1. The topological polar surface area (TPSA) is 86.5 Å². The molecule has 7 nitrogen and oxygen atoms in total. The Morgan fingerprint density at radius 3 is 2.85 bits per heavy atom. The third kappa shape index (κ3) is 3.98. The van der Waals surface area contributed by atoms with Crippen LogP contribution >= 0.6 is 0 Å². The van der Waals surface area contributed by atoms with Gasteiger partial charge in [-0.05, 0) is 38.0 Å². The van der Waals surface area contributed by atoms with E-state index >= 15 is 0 Å². The van der Waals surface area contributed by atoms with Crippen molar-refractivity contribution in [1.29, 1.82) is 0 Å². The van der Waals surface area contributed by atoms with Crippen LogP contribution in [0.5, 0.6) is 5.75 Å². The molecule has 3 heterocycles. The summed E-state index contributed by atoms with van der Waals surface area (Å²) in [6.45, 7) is 4.72. The average Bonchev–Trinajstić information content (AvgIpc) is 3.23. The van der Waals surface area contributed by atoms with E-state index in [-0.39, 0.29) is 18.6 Å². The smallest absolute Gasteiger partial charge is 0.237 e. The van der Waals surface area contributed by atoms with Crippen LogP contribution in [0.3, 0.4) is 0 Å². The number of nitrogens with two attached hydrogens (primary N) is 1. The third-order valence-corrected chi connectivity index (χ3v) is 4.96. The molecule has 0 bridgehead atoms. The Balaban J connectivity index is 1.39. The lowest BCUT2D eigenvalue weighted by Gasteiger charge is -2.31. The number of hydrogen-bond acceptors (Lipinski definition) is 5. The van der Waals surface area contributed by atoms with Crippen LogP contribution in [0.2, 0.25) is 0 Å². The molecular formula is C20H24N4O3. The molecule has 1 amide bonds. The highest BCUT2D eigenvalue weighted by Gasteiger charge is 2.22. The zero-order valence-electron chi connectivity index (χ0n) is 15.4. The number of fused-ring (bicyclic) bond motifs is 1. The highest BCUT2D eigenvalue weighted by molar-refractivity contribution is 5.87. The molecule has 0 aliphatic carbocycles. The fourth-order valence-corrected chi connectivity index (χ4v) is 3.63. The summed E-state index contributed by atoms with van der Waals surface area (Å²) in [6, 6.07) is 7.90. The van der Waals surface area contributed by atoms with Gasteiger partial charge in [0.2, 0.25) is 11.8 Å². The molecule has 0 unspecified atom stereocenters. The van der Waals surface area contributed by atoms with Gasteiger partial charge in [-0.1, -0.05) is 6.07 Å². The van der Waals surface area contributed by atoms with E-state index in [0.29, 0.717) is 0 Å². The molecule has 2 N–H and O–H groups in total. The van der Waals surface area contributed by atoms with Crippen molar-refractivity contribution < 1.29 is 13.9 Å². The Kier molecular flexibility index (Phi) is 4.85. The average molecular weight is 368 g/mol. The van der Waals surface area contributed by atoms with Gasteiger partial charge < -0.3 is 19.5 Å². The molecule has 0 radical (unpaired) electrons. The summed E-state index contributed by atoms with van der Waals surface area (Å²) in [7, 11) is 0. The summed E-state index contributed by atoms with van der Waals surface area (Å²) in [6.07, 6.45) is 5.73. The van der Waals surface area contributed by atoms with Gasteiger partial charge in [-0.25, -0.2) is 4.98 Å². The molecule has 7 heteroatoms. The van der Waals surface area contributed by atoms with E-state index in [0.717, 1.165) is 60.8 Å². The van der Waals surface area contributed by atoms with Gasteiger partial charge in [-0.2, -0.15) is 0 Å². The number of primary amides is 1. The standard InChI is InChI=1S/C20H24N4O3/c1-14-11-22-20(26-14)13-23-8-5-15(6-9-23)27-18-4-2-3-17-16(18)7-10-24(17)12-19(21)25/h2-4,7,10-11,15H,5-6,8-9,12-13H2,1H3,(H2,21,25). The first-order valence-corrected chi connectivity index (χ1v) is 9.25. The molecule has 1 aromatic carbocycles. The first kappa shape index (κ1) is 17.6. The second kappa shape index (κ2) is 7.44. The summed E-state index contributed by atoms with van der Waals surface area (Å²) < 4.78 is 13.7. The summed E-state index contributed by atoms with van der Waals surface area (Å²) in [5.41, 5.74) is 6.29. The molecule has 0 atom stereocenters. The summed E-state index contributed by atoms with van der Waals surface area (Å²) in [5.74, 6) is 2.12. The molecule has 27 heavy (non-hydrogen) atoms. The maximum atomic E-state index is 11.2. The molecule has 142 valence electrons. The lowest BCUT2D eigenvalue weighted by molar-refractivity contribution is -0.118. The first-order chi connectivity index (χ1) is 13.1. The van der Waals surface area contributed by atoms with Gasteiger partial charge in [0.15, 0.2) is 0 Å². The lowest BCUT2D eigenvalue weighted by atomic mass is 10.1. The van der Waals surface area contributed by atoms with Crippen molar-refractivity contribution in [2.75, 3.05) is 13.1 Å². The molecule has 1 fully saturated rings. The molecular weight excluding hydrogens is 344 g/mol. The normalized spacial score (nSPS) is 16.0. The van der Waals surface area contributed by atoms with Crippen LogP contribution in [0.15, 0.2) is 41.1 Å². The van der Waals surface area contributed by atoms with E-state index < -0.39 is 0 Å². The van der Waals surface area contributed by atoms with Crippen molar-refractivity contribution in [3.05, 3.63) is 48.3 Å². The van der Waals surface area contributed by atoms with E-state index in [1.807, 2.05) is 42.0 Å². The fourth-order valence-electron chi connectivity index (χ4n) is 3.63. The molecule has 1 saturated heterocycles. The number of benzene rings is 1. The summed E-state index contributed by atoms with van der Waals surface area (Å²) >= 11 is 0. The molecule has 1 aliphatic heterocycles. The van der Waals surface area contributed by atoms with E-state index in [4.69, 9.17) is 14.9 Å². The molecule has 3 aromatic rings. The number of oxazole rings is 1. The van der Waals surface area contributed by atoms with Crippen LogP contribution in [0, 0.1) is 6.92 Å². The van der Waals surface area contributed by atoms with E-state index in [9.17, 15) is 4.79 Å². The van der Waals surface area contributed by atoms with Crippen molar-refractivity contribution in [2.45, 2.75) is 39.0 Å². The van der Waals surface area contributed by atoms with E-state index in [1.54, 1.807) is 6.20 Å². The zero-order chi connectivity index (χ0) is 18.8. The number of aryl methyl sites for hydroxylation is 1. The Hall–Kier alpha value is -2.80. The van der Waals surface area contributed by atoms with Crippen LogP contribution in [0.1, 0.15) is 24.5 Å². The van der Waals surface area contributed by atoms with E-state index in [2.05, 4.69) is 9.88 Å². The van der Waals surface area contributed by atoms with Crippen LogP contribution < -0.4 is 10.5 Å². The summed E-state index contributed by atoms with van der Waals surface area (Å²) in [5, 5.41) is 1.01. The molecule has 2 aromatic heterocycles. The molecule has 0 spiro atoms. The number of aromatic nitrogens is 2. The largest absolute Gasteiger partial charge is 0.490 e. The highest BCUT2D eigenvalue weighted by Crippen LogP contribution is 2.29. The maximum Gasteiger partial charge on any atom is 0.237 e. The zero-order valence-corrected chi connectivity index (χ0v) is 15.4. The van der Waals surface area contributed by atoms with Crippen molar-refractivity contribution in [3.8, 4) is 5.75 Å². The van der Waals surface area contributed by atoms with Gasteiger partial charge in [0.1, 0.15) is 24.2 Å². The third-order valence-electron chi connectivity index (χ3n) is 4.96. The molecule has 4 rings (SSSR count). The van der Waals surface area contributed by atoms with Gasteiger partial charge in [0, 0.05) is 24.7 Å². The van der Waals surface area contributed by atoms with Crippen molar-refractivity contribution in [2.24, 2.45) is 5.73 Å². The van der Waals surface area contributed by atoms with Crippen molar-refractivity contribution in [3.63, 3.8) is 0 Å². The number of rotatable bonds is 6. The monoisotopic (exact) mass is 368 g/mol. The lowest BCUT2D eigenvalue weighted by Crippen LogP contribution is -2.37. The SMILES string of the molecule is Cc1cnc(CN2CCC(Oc3cccc4c3ccn4CC(N)=O)CC2)o1. The van der Waals surface area contributed by atoms with Gasteiger partial charge >= 0.3 is 0 Å². The quantitative estimate of drug-likeness (QED) is 0.722. The number of nitrogens with zero attached hydrogens (tertiary/aromatic N) is 3. The van der Waals surface area contributed by atoms with Crippen LogP contribution in [0.25, 0.3) is 10.9 Å². The van der Waals surface area contributed by atoms with Gasteiger partial charge in [-0.3, -0.25) is 9.69 Å². The predicted molar refractivity (Wildman–Crippen MR) is 101 cm³/mol. The number of piperidine rings is 1. The number of likely N-dealkylation sites (tertiary alicyclic amines) is 1.